The third-order valence-corrected chi connectivity index (χ3v) is 4.10. The minimum Gasteiger partial charge on any atom is -0.340 e. The first-order chi connectivity index (χ1) is 11.3. The van der Waals surface area contributed by atoms with Crippen LogP contribution in [-0.4, -0.2) is 35.9 Å². The number of nitrogens with zero attached hydrogens (tertiary/aromatic N) is 6. The maximum absolute atomic E-state index is 4.74. The first-order valence-electron chi connectivity index (χ1n) is 7.72. The Bertz CT molecular complexity index is 811. The summed E-state index contributed by atoms with van der Waals surface area (Å²) in [4.78, 5) is 20.1. The van der Waals surface area contributed by atoms with Crippen LogP contribution in [0.15, 0.2) is 43.2 Å². The van der Waals surface area contributed by atoms with Gasteiger partial charge < -0.3 is 4.57 Å². The Labute approximate surface area is 134 Å². The van der Waals surface area contributed by atoms with Crippen LogP contribution in [0.25, 0.3) is 11.4 Å². The molecule has 4 rings (SSSR count). The molecule has 0 fully saturated rings. The summed E-state index contributed by atoms with van der Waals surface area (Å²) in [7, 11) is 2.00. The lowest BCUT2D eigenvalue weighted by atomic mass is 10.1. The fourth-order valence-electron chi connectivity index (χ4n) is 2.93. The molecule has 0 bridgehead atoms. The molecule has 1 aliphatic heterocycles. The zero-order chi connectivity index (χ0) is 15.6. The SMILES string of the molecule is Cn1cnc(CN2CCc3nc(-c4ccncc4)ncc3C2)c1. The summed E-state index contributed by atoms with van der Waals surface area (Å²) in [5, 5.41) is 0. The molecular weight excluding hydrogens is 288 g/mol. The van der Waals surface area contributed by atoms with Gasteiger partial charge in [0.2, 0.25) is 0 Å². The van der Waals surface area contributed by atoms with E-state index in [1.54, 1.807) is 12.4 Å². The Morgan fingerprint density at radius 3 is 2.83 bits per heavy atom. The van der Waals surface area contributed by atoms with E-state index in [4.69, 9.17) is 4.98 Å². The highest BCUT2D eigenvalue weighted by Gasteiger charge is 2.19. The number of aryl methyl sites for hydroxylation is 1. The van der Waals surface area contributed by atoms with Crippen LogP contribution in [0.1, 0.15) is 17.0 Å². The molecule has 4 heterocycles. The summed E-state index contributed by atoms with van der Waals surface area (Å²) in [6.45, 7) is 2.74. The average molecular weight is 306 g/mol. The largest absolute Gasteiger partial charge is 0.340 e. The van der Waals surface area contributed by atoms with Crippen LogP contribution in [0.3, 0.4) is 0 Å². The van der Waals surface area contributed by atoms with Gasteiger partial charge in [0.25, 0.3) is 0 Å². The molecule has 23 heavy (non-hydrogen) atoms. The minimum atomic E-state index is 0.782. The van der Waals surface area contributed by atoms with Crippen molar-refractivity contribution in [1.82, 2.24) is 29.4 Å². The minimum absolute atomic E-state index is 0.782. The first kappa shape index (κ1) is 14.0. The Morgan fingerprint density at radius 1 is 1.17 bits per heavy atom. The van der Waals surface area contributed by atoms with E-state index >= 15 is 0 Å². The van der Waals surface area contributed by atoms with E-state index in [-0.39, 0.29) is 0 Å². The summed E-state index contributed by atoms with van der Waals surface area (Å²) in [6, 6.07) is 3.88. The number of hydrogen-bond donors (Lipinski definition) is 0. The molecule has 3 aromatic heterocycles. The standard InChI is InChI=1S/C17H18N6/c1-22-10-15(20-12-22)11-23-7-4-16-14(9-23)8-19-17(21-16)13-2-5-18-6-3-13/h2-3,5-6,8,10,12H,4,7,9,11H2,1H3. The summed E-state index contributed by atoms with van der Waals surface area (Å²) < 4.78 is 1.98. The van der Waals surface area contributed by atoms with Gasteiger partial charge in [-0.15, -0.1) is 0 Å². The van der Waals surface area contributed by atoms with Crippen LogP contribution >= 0.6 is 0 Å². The Morgan fingerprint density at radius 2 is 2.04 bits per heavy atom. The van der Waals surface area contributed by atoms with Crippen LogP contribution in [0.4, 0.5) is 0 Å². The predicted molar refractivity (Wildman–Crippen MR) is 86.3 cm³/mol. The first-order valence-corrected chi connectivity index (χ1v) is 7.72. The van der Waals surface area contributed by atoms with Gasteiger partial charge in [-0.3, -0.25) is 9.88 Å². The number of hydrogen-bond acceptors (Lipinski definition) is 5. The lowest BCUT2D eigenvalue weighted by molar-refractivity contribution is 0.240. The molecule has 6 nitrogen and oxygen atoms in total. The highest BCUT2D eigenvalue weighted by Crippen LogP contribution is 2.21. The van der Waals surface area contributed by atoms with E-state index in [0.29, 0.717) is 0 Å². The monoisotopic (exact) mass is 306 g/mol. The smallest absolute Gasteiger partial charge is 0.159 e. The number of aromatic nitrogens is 5. The third-order valence-electron chi connectivity index (χ3n) is 4.10. The summed E-state index contributed by atoms with van der Waals surface area (Å²) in [5.41, 5.74) is 4.48. The van der Waals surface area contributed by atoms with Crippen LogP contribution in [0.2, 0.25) is 0 Å². The van der Waals surface area contributed by atoms with E-state index in [0.717, 1.165) is 48.8 Å². The van der Waals surface area contributed by atoms with Crippen molar-refractivity contribution in [3.8, 4) is 11.4 Å². The summed E-state index contributed by atoms with van der Waals surface area (Å²) in [5.74, 6) is 0.782. The van der Waals surface area contributed by atoms with Crippen molar-refractivity contribution in [1.29, 1.82) is 0 Å². The van der Waals surface area contributed by atoms with Crippen LogP contribution in [-0.2, 0) is 26.6 Å². The molecule has 3 aromatic rings. The van der Waals surface area contributed by atoms with Crippen LogP contribution in [0, 0.1) is 0 Å². The van der Waals surface area contributed by atoms with Gasteiger partial charge in [-0.05, 0) is 12.1 Å². The molecule has 0 atom stereocenters. The molecule has 116 valence electrons. The number of rotatable bonds is 3. The Kier molecular flexibility index (Phi) is 3.59. The lowest BCUT2D eigenvalue weighted by Gasteiger charge is -2.27. The van der Waals surface area contributed by atoms with E-state index < -0.39 is 0 Å². The second-order valence-corrected chi connectivity index (χ2v) is 5.89. The molecule has 0 N–H and O–H groups in total. The summed E-state index contributed by atoms with van der Waals surface area (Å²) >= 11 is 0. The molecule has 0 radical (unpaired) electrons. The zero-order valence-electron chi connectivity index (χ0n) is 13.1. The van der Waals surface area contributed by atoms with Crippen molar-refractivity contribution in [3.05, 3.63) is 60.2 Å². The van der Waals surface area contributed by atoms with Crippen LogP contribution in [0.5, 0.6) is 0 Å². The normalized spacial score (nSPS) is 14.7. The van der Waals surface area contributed by atoms with E-state index in [1.165, 1.54) is 5.56 Å². The quantitative estimate of drug-likeness (QED) is 0.739. The van der Waals surface area contributed by atoms with Gasteiger partial charge in [0.15, 0.2) is 5.82 Å². The lowest BCUT2D eigenvalue weighted by Crippen LogP contribution is -2.31. The molecule has 0 saturated heterocycles. The van der Waals surface area contributed by atoms with E-state index in [1.807, 2.05) is 36.3 Å². The van der Waals surface area contributed by atoms with Crippen molar-refractivity contribution in [2.45, 2.75) is 19.5 Å². The molecular formula is C17H18N6. The second kappa shape index (κ2) is 5.89. The fraction of sp³-hybridized carbons (Fsp3) is 0.294. The molecule has 0 saturated carbocycles. The molecule has 0 amide bonds. The summed E-state index contributed by atoms with van der Waals surface area (Å²) in [6.07, 6.45) is 10.4. The van der Waals surface area contributed by atoms with Crippen molar-refractivity contribution >= 4 is 0 Å². The highest BCUT2D eigenvalue weighted by molar-refractivity contribution is 5.54. The molecule has 0 aliphatic carbocycles. The molecule has 0 spiro atoms. The van der Waals surface area contributed by atoms with Crippen molar-refractivity contribution in [2.24, 2.45) is 7.05 Å². The maximum atomic E-state index is 4.74. The zero-order valence-corrected chi connectivity index (χ0v) is 13.1. The maximum Gasteiger partial charge on any atom is 0.159 e. The van der Waals surface area contributed by atoms with Gasteiger partial charge in [0, 0.05) is 69.0 Å². The predicted octanol–water partition coefficient (Wildman–Crippen LogP) is 1.83. The molecule has 0 aromatic carbocycles. The Balaban J connectivity index is 1.52. The van der Waals surface area contributed by atoms with E-state index in [9.17, 15) is 0 Å². The average Bonchev–Trinajstić information content (AvgIpc) is 3.00. The van der Waals surface area contributed by atoms with E-state index in [2.05, 4.69) is 26.0 Å². The van der Waals surface area contributed by atoms with Crippen molar-refractivity contribution < 1.29 is 0 Å². The van der Waals surface area contributed by atoms with Crippen molar-refractivity contribution in [2.75, 3.05) is 6.54 Å². The van der Waals surface area contributed by atoms with Crippen LogP contribution < -0.4 is 0 Å². The molecule has 0 unspecified atom stereocenters. The topological polar surface area (TPSA) is 59.7 Å². The van der Waals surface area contributed by atoms with Gasteiger partial charge >= 0.3 is 0 Å². The van der Waals surface area contributed by atoms with Gasteiger partial charge in [0.1, 0.15) is 0 Å². The number of fused-ring (bicyclic) bond motifs is 1. The van der Waals surface area contributed by atoms with Crippen molar-refractivity contribution in [3.63, 3.8) is 0 Å². The number of imidazole rings is 1. The number of pyridine rings is 1. The Hall–Kier alpha value is -2.60. The second-order valence-electron chi connectivity index (χ2n) is 5.89. The third kappa shape index (κ3) is 2.98. The highest BCUT2D eigenvalue weighted by atomic mass is 15.2. The van der Waals surface area contributed by atoms with Gasteiger partial charge in [-0.25, -0.2) is 15.0 Å². The van der Waals surface area contributed by atoms with Gasteiger partial charge in [0.05, 0.1) is 17.7 Å². The van der Waals surface area contributed by atoms with Gasteiger partial charge in [-0.2, -0.15) is 0 Å². The molecule has 6 heteroatoms. The fourth-order valence-corrected chi connectivity index (χ4v) is 2.93. The van der Waals surface area contributed by atoms with Gasteiger partial charge in [-0.1, -0.05) is 0 Å². The molecule has 1 aliphatic rings.